The second-order valence-corrected chi connectivity index (χ2v) is 8.76. The molecule has 3 atom stereocenters. The van der Waals surface area contributed by atoms with E-state index in [1.807, 2.05) is 38.1 Å². The van der Waals surface area contributed by atoms with Crippen molar-refractivity contribution in [3.63, 3.8) is 0 Å². The van der Waals surface area contributed by atoms with Gasteiger partial charge in [0, 0.05) is 24.2 Å². The highest BCUT2D eigenvalue weighted by molar-refractivity contribution is 5.91. The number of carbonyl (C=O) groups excluding carboxylic acids is 1. The molecule has 1 aliphatic heterocycles. The van der Waals surface area contributed by atoms with Crippen molar-refractivity contribution in [2.45, 2.75) is 45.1 Å². The molecule has 2 heterocycles. The van der Waals surface area contributed by atoms with E-state index >= 15 is 0 Å². The number of ether oxygens (including phenoxy) is 2. The molecule has 0 radical (unpaired) electrons. The summed E-state index contributed by atoms with van der Waals surface area (Å²) in [7, 11) is 0. The Bertz CT molecular complexity index is 1190. The van der Waals surface area contributed by atoms with Gasteiger partial charge in [0.05, 0.1) is 11.4 Å². The molecular formula is C26H30N2O6. The number of fused-ring (bicyclic) bond motifs is 2. The minimum atomic E-state index is -1.05. The maximum atomic E-state index is 13.5. The highest BCUT2D eigenvalue weighted by atomic mass is 16.7. The number of carboxylic acid groups (broad SMARTS) is 1. The van der Waals surface area contributed by atoms with E-state index in [-0.39, 0.29) is 31.3 Å². The van der Waals surface area contributed by atoms with Crippen molar-refractivity contribution in [2.75, 3.05) is 13.4 Å². The van der Waals surface area contributed by atoms with Crippen molar-refractivity contribution < 1.29 is 29.3 Å². The summed E-state index contributed by atoms with van der Waals surface area (Å²) in [6.07, 6.45) is 2.57. The molecule has 1 aromatic heterocycles. The number of hydrogen-bond donors (Lipinski definition) is 3. The fourth-order valence-corrected chi connectivity index (χ4v) is 4.76. The molecule has 8 heteroatoms. The second kappa shape index (κ2) is 10.2. The van der Waals surface area contributed by atoms with Crippen molar-refractivity contribution >= 4 is 22.9 Å². The number of nitrogens with one attached hydrogen (secondary N) is 1. The van der Waals surface area contributed by atoms with Gasteiger partial charge in [0.1, 0.15) is 0 Å². The largest absolute Gasteiger partial charge is 0.464 e. The average molecular weight is 467 g/mol. The van der Waals surface area contributed by atoms with E-state index in [1.54, 1.807) is 24.4 Å². The summed E-state index contributed by atoms with van der Waals surface area (Å²) >= 11 is 0. The molecule has 0 fully saturated rings. The summed E-state index contributed by atoms with van der Waals surface area (Å²) in [5, 5.41) is 23.5. The van der Waals surface area contributed by atoms with Crippen LogP contribution in [0.3, 0.4) is 0 Å². The minimum absolute atomic E-state index is 0.110. The first-order chi connectivity index (χ1) is 16.4. The van der Waals surface area contributed by atoms with Gasteiger partial charge in [-0.2, -0.15) is 0 Å². The SMILES string of the molecule is CCCC(CO)C(C(=O)N[C@H](C)Cc1cn(C(=O)O)c2ccccc12)c1ccc2c(c1)OCO2. The molecule has 2 aromatic carbocycles. The zero-order valence-corrected chi connectivity index (χ0v) is 19.4. The maximum absolute atomic E-state index is 13.5. The van der Waals surface area contributed by atoms with Crippen LogP contribution in [0.2, 0.25) is 0 Å². The number of carbonyl (C=O) groups is 2. The molecule has 2 unspecified atom stereocenters. The quantitative estimate of drug-likeness (QED) is 0.437. The van der Waals surface area contributed by atoms with E-state index in [9.17, 15) is 19.8 Å². The Balaban J connectivity index is 1.57. The van der Waals surface area contributed by atoms with Crippen LogP contribution in [0.4, 0.5) is 4.79 Å². The van der Waals surface area contributed by atoms with E-state index in [0.29, 0.717) is 29.9 Å². The Labute approximate surface area is 198 Å². The van der Waals surface area contributed by atoms with Gasteiger partial charge in [-0.25, -0.2) is 4.79 Å². The lowest BCUT2D eigenvalue weighted by atomic mass is 9.82. The first-order valence-corrected chi connectivity index (χ1v) is 11.6. The van der Waals surface area contributed by atoms with E-state index in [2.05, 4.69) is 5.32 Å². The zero-order valence-electron chi connectivity index (χ0n) is 19.4. The van der Waals surface area contributed by atoms with Gasteiger partial charge in [-0.1, -0.05) is 37.6 Å². The topological polar surface area (TPSA) is 110 Å². The van der Waals surface area contributed by atoms with E-state index in [4.69, 9.17) is 9.47 Å². The van der Waals surface area contributed by atoms with E-state index in [1.165, 1.54) is 4.57 Å². The lowest BCUT2D eigenvalue weighted by Crippen LogP contribution is -2.40. The third kappa shape index (κ3) is 4.72. The van der Waals surface area contributed by atoms with Gasteiger partial charge < -0.3 is 25.0 Å². The van der Waals surface area contributed by atoms with Crippen molar-refractivity contribution in [3.05, 3.63) is 59.8 Å². The van der Waals surface area contributed by atoms with Crippen molar-refractivity contribution in [1.29, 1.82) is 0 Å². The molecule has 180 valence electrons. The molecular weight excluding hydrogens is 436 g/mol. The third-order valence-corrected chi connectivity index (χ3v) is 6.32. The number of aliphatic hydroxyl groups excluding tert-OH is 1. The number of amides is 1. The van der Waals surface area contributed by atoms with Crippen LogP contribution in [0.1, 0.15) is 43.7 Å². The molecule has 1 aliphatic rings. The minimum Gasteiger partial charge on any atom is -0.464 e. The van der Waals surface area contributed by atoms with Crippen LogP contribution in [0.5, 0.6) is 11.5 Å². The predicted octanol–water partition coefficient (Wildman–Crippen LogP) is 4.14. The molecule has 1 amide bonds. The van der Waals surface area contributed by atoms with Gasteiger partial charge in [-0.15, -0.1) is 0 Å². The molecule has 0 bridgehead atoms. The van der Waals surface area contributed by atoms with Crippen LogP contribution in [0, 0.1) is 5.92 Å². The molecule has 0 aliphatic carbocycles. The summed E-state index contributed by atoms with van der Waals surface area (Å²) in [6, 6.07) is 12.5. The van der Waals surface area contributed by atoms with Gasteiger partial charge in [-0.05, 0) is 55.0 Å². The summed E-state index contributed by atoms with van der Waals surface area (Å²) in [5.41, 5.74) is 2.23. The monoisotopic (exact) mass is 466 g/mol. The van der Waals surface area contributed by atoms with Gasteiger partial charge in [-0.3, -0.25) is 9.36 Å². The average Bonchev–Trinajstić information content (AvgIpc) is 3.43. The number of benzene rings is 2. The molecule has 4 rings (SSSR count). The number of aromatic nitrogens is 1. The van der Waals surface area contributed by atoms with E-state index < -0.39 is 12.0 Å². The van der Waals surface area contributed by atoms with E-state index in [0.717, 1.165) is 22.9 Å². The molecule has 34 heavy (non-hydrogen) atoms. The Hall–Kier alpha value is -3.52. The maximum Gasteiger partial charge on any atom is 0.416 e. The molecule has 0 saturated carbocycles. The Kier molecular flexibility index (Phi) is 7.07. The van der Waals surface area contributed by atoms with Crippen LogP contribution in [-0.2, 0) is 11.2 Å². The highest BCUT2D eigenvalue weighted by Gasteiger charge is 2.31. The molecule has 3 aromatic rings. The first-order valence-electron chi connectivity index (χ1n) is 11.6. The lowest BCUT2D eigenvalue weighted by molar-refractivity contribution is -0.124. The standard InChI is InChI=1S/C26H30N2O6/c1-3-6-18(14-29)24(17-9-10-22-23(12-17)34-15-33-22)25(30)27-16(2)11-19-13-28(26(31)32)21-8-5-4-7-20(19)21/h4-5,7-10,12-13,16,18,24,29H,3,6,11,14-15H2,1-2H3,(H,27,30)(H,31,32)/t16-,18?,24?/m1/s1. The van der Waals surface area contributed by atoms with Crippen LogP contribution in [0.15, 0.2) is 48.7 Å². The van der Waals surface area contributed by atoms with Crippen LogP contribution >= 0.6 is 0 Å². The normalized spacial score (nSPS) is 15.1. The number of para-hydroxylation sites is 1. The number of hydrogen-bond acceptors (Lipinski definition) is 5. The fourth-order valence-electron chi connectivity index (χ4n) is 4.76. The third-order valence-electron chi connectivity index (χ3n) is 6.32. The van der Waals surface area contributed by atoms with Gasteiger partial charge in [0.15, 0.2) is 11.5 Å². The molecule has 3 N–H and O–H groups in total. The Morgan fingerprint density at radius 3 is 2.65 bits per heavy atom. The lowest BCUT2D eigenvalue weighted by Gasteiger charge is -2.27. The first kappa shape index (κ1) is 23.6. The Morgan fingerprint density at radius 2 is 1.91 bits per heavy atom. The summed E-state index contributed by atoms with van der Waals surface area (Å²) in [5.74, 6) is 0.259. The number of nitrogens with zero attached hydrogens (tertiary/aromatic N) is 1. The molecule has 8 nitrogen and oxygen atoms in total. The summed E-state index contributed by atoms with van der Waals surface area (Å²) < 4.78 is 12.1. The van der Waals surface area contributed by atoms with Gasteiger partial charge >= 0.3 is 6.09 Å². The smallest absolute Gasteiger partial charge is 0.416 e. The van der Waals surface area contributed by atoms with Gasteiger partial charge in [0.25, 0.3) is 0 Å². The van der Waals surface area contributed by atoms with Crippen molar-refractivity contribution in [2.24, 2.45) is 5.92 Å². The molecule has 0 saturated heterocycles. The van der Waals surface area contributed by atoms with Crippen LogP contribution in [0.25, 0.3) is 10.9 Å². The van der Waals surface area contributed by atoms with Gasteiger partial charge in [0.2, 0.25) is 12.7 Å². The molecule has 0 spiro atoms. The predicted molar refractivity (Wildman–Crippen MR) is 127 cm³/mol. The fraction of sp³-hybridized carbons (Fsp3) is 0.385. The summed E-state index contributed by atoms with van der Waals surface area (Å²) in [6.45, 7) is 3.96. The van der Waals surface area contributed by atoms with Crippen LogP contribution < -0.4 is 14.8 Å². The second-order valence-electron chi connectivity index (χ2n) is 8.76. The van der Waals surface area contributed by atoms with Crippen LogP contribution in [-0.4, -0.2) is 46.2 Å². The van der Waals surface area contributed by atoms with Crippen molar-refractivity contribution in [3.8, 4) is 11.5 Å². The number of rotatable bonds is 9. The Morgan fingerprint density at radius 1 is 1.15 bits per heavy atom. The summed E-state index contributed by atoms with van der Waals surface area (Å²) in [4.78, 5) is 25.1. The highest BCUT2D eigenvalue weighted by Crippen LogP contribution is 2.37. The van der Waals surface area contributed by atoms with Crippen molar-refractivity contribution in [1.82, 2.24) is 9.88 Å². The zero-order chi connectivity index (χ0) is 24.2. The number of aliphatic hydroxyl groups is 1.